The molecule has 20 heavy (non-hydrogen) atoms. The number of carbonyl (C=O) groups excluding carboxylic acids is 1. The zero-order valence-corrected chi connectivity index (χ0v) is 11.5. The number of likely N-dealkylation sites (N-methyl/N-ethyl adjacent to an activating group) is 1. The Morgan fingerprint density at radius 2 is 2.05 bits per heavy atom. The monoisotopic (exact) mass is 272 g/mol. The number of aromatic nitrogens is 1. The van der Waals surface area contributed by atoms with Crippen LogP contribution in [0.25, 0.3) is 10.8 Å². The van der Waals surface area contributed by atoms with E-state index < -0.39 is 5.97 Å². The lowest BCUT2D eigenvalue weighted by Gasteiger charge is -2.15. The molecule has 0 aliphatic rings. The van der Waals surface area contributed by atoms with Crippen molar-refractivity contribution in [2.24, 2.45) is 0 Å². The molecule has 0 unspecified atom stereocenters. The quantitative estimate of drug-likeness (QED) is 0.923. The summed E-state index contributed by atoms with van der Waals surface area (Å²) in [5.74, 6) is -1.43. The number of rotatable bonds is 4. The van der Waals surface area contributed by atoms with Gasteiger partial charge in [-0.1, -0.05) is 19.1 Å². The summed E-state index contributed by atoms with van der Waals surface area (Å²) in [4.78, 5) is 28.3. The van der Waals surface area contributed by atoms with Gasteiger partial charge in [0.2, 0.25) is 0 Å². The van der Waals surface area contributed by atoms with E-state index in [9.17, 15) is 9.59 Å². The third-order valence-electron chi connectivity index (χ3n) is 3.16. The first kappa shape index (κ1) is 14.0. The summed E-state index contributed by atoms with van der Waals surface area (Å²) in [7, 11) is 1.46. The van der Waals surface area contributed by atoms with Crippen LogP contribution in [-0.4, -0.2) is 40.5 Å². The number of carboxylic acid groups (broad SMARTS) is 1. The molecule has 1 N–H and O–H groups in total. The fourth-order valence-electron chi connectivity index (χ4n) is 2.06. The molecule has 0 aliphatic heterocycles. The van der Waals surface area contributed by atoms with Gasteiger partial charge in [-0.3, -0.25) is 14.6 Å². The molecule has 1 aromatic carbocycles. The molecule has 1 amide bonds. The third kappa shape index (κ3) is 2.77. The lowest BCUT2D eigenvalue weighted by molar-refractivity contribution is -0.137. The molecule has 0 radical (unpaired) electrons. The third-order valence-corrected chi connectivity index (χ3v) is 3.16. The highest BCUT2D eigenvalue weighted by Gasteiger charge is 2.18. The first-order valence-electron chi connectivity index (χ1n) is 6.37. The first-order valence-corrected chi connectivity index (χ1v) is 6.37. The summed E-state index contributed by atoms with van der Waals surface area (Å²) in [6, 6.07) is 7.73. The van der Waals surface area contributed by atoms with Crippen LogP contribution in [0.3, 0.4) is 0 Å². The predicted molar refractivity (Wildman–Crippen MR) is 75.7 cm³/mol. The molecule has 1 heterocycles. The van der Waals surface area contributed by atoms with Crippen molar-refractivity contribution in [1.82, 2.24) is 9.88 Å². The number of aliphatic carboxylic acids is 1. The van der Waals surface area contributed by atoms with Gasteiger partial charge in [-0.2, -0.15) is 0 Å². The van der Waals surface area contributed by atoms with E-state index in [0.717, 1.165) is 27.7 Å². The van der Waals surface area contributed by atoms with Crippen molar-refractivity contribution in [3.05, 3.63) is 41.7 Å². The van der Waals surface area contributed by atoms with E-state index in [-0.39, 0.29) is 12.5 Å². The minimum absolute atomic E-state index is 0.293. The molecule has 0 bridgehead atoms. The number of hydrogen-bond donors (Lipinski definition) is 1. The number of fused-ring (bicyclic) bond motifs is 1. The number of benzene rings is 1. The number of carboxylic acids is 1. The molecule has 0 fully saturated rings. The second-order valence-electron chi connectivity index (χ2n) is 4.62. The van der Waals surface area contributed by atoms with E-state index in [1.807, 2.05) is 31.2 Å². The summed E-state index contributed by atoms with van der Waals surface area (Å²) < 4.78 is 0. The lowest BCUT2D eigenvalue weighted by Crippen LogP contribution is -2.32. The van der Waals surface area contributed by atoms with Gasteiger partial charge in [0.05, 0.1) is 0 Å². The summed E-state index contributed by atoms with van der Waals surface area (Å²) >= 11 is 0. The number of hydrogen-bond acceptors (Lipinski definition) is 3. The molecule has 2 aromatic rings. The Kier molecular flexibility index (Phi) is 3.98. The number of nitrogens with zero attached hydrogens (tertiary/aromatic N) is 2. The normalized spacial score (nSPS) is 10.5. The Morgan fingerprint density at radius 1 is 1.30 bits per heavy atom. The van der Waals surface area contributed by atoms with E-state index in [2.05, 4.69) is 4.98 Å². The highest BCUT2D eigenvalue weighted by Crippen LogP contribution is 2.20. The van der Waals surface area contributed by atoms with Crippen LogP contribution in [0.5, 0.6) is 0 Å². The summed E-state index contributed by atoms with van der Waals surface area (Å²) in [5, 5.41) is 10.4. The van der Waals surface area contributed by atoms with Crippen LogP contribution in [0.4, 0.5) is 0 Å². The molecular formula is C15H16N2O3. The second-order valence-corrected chi connectivity index (χ2v) is 4.62. The van der Waals surface area contributed by atoms with Crippen LogP contribution in [0.15, 0.2) is 30.5 Å². The van der Waals surface area contributed by atoms with Gasteiger partial charge >= 0.3 is 5.97 Å². The highest BCUT2D eigenvalue weighted by molar-refractivity contribution is 6.05. The number of amides is 1. The van der Waals surface area contributed by atoms with Crippen molar-refractivity contribution in [1.29, 1.82) is 0 Å². The van der Waals surface area contributed by atoms with Gasteiger partial charge in [-0.15, -0.1) is 0 Å². The fraction of sp³-hybridized carbons (Fsp3) is 0.267. The maximum atomic E-state index is 12.3. The van der Waals surface area contributed by atoms with E-state index in [1.54, 1.807) is 6.20 Å². The summed E-state index contributed by atoms with van der Waals surface area (Å²) in [6.07, 6.45) is 2.43. The molecule has 0 aliphatic carbocycles. The second kappa shape index (κ2) is 5.69. The molecule has 5 nitrogen and oxygen atoms in total. The number of carbonyl (C=O) groups is 2. The Balaban J connectivity index is 2.47. The lowest BCUT2D eigenvalue weighted by atomic mass is 10.0. The minimum atomic E-state index is -1.05. The van der Waals surface area contributed by atoms with Crippen molar-refractivity contribution in [2.75, 3.05) is 13.6 Å². The number of aryl methyl sites for hydroxylation is 1. The summed E-state index contributed by atoms with van der Waals surface area (Å²) in [6.45, 7) is 1.69. The average Bonchev–Trinajstić information content (AvgIpc) is 2.44. The zero-order valence-electron chi connectivity index (χ0n) is 11.5. The first-order chi connectivity index (χ1) is 9.52. The molecule has 2 rings (SSSR count). The standard InChI is InChI=1S/C15H16N2O3/c1-3-10-4-5-11-6-7-16-14(12(11)8-10)15(20)17(2)9-13(18)19/h4-8H,3,9H2,1-2H3,(H,18,19). The molecule has 0 spiro atoms. The fourth-order valence-corrected chi connectivity index (χ4v) is 2.06. The van der Waals surface area contributed by atoms with Gasteiger partial charge in [-0.05, 0) is 29.5 Å². The van der Waals surface area contributed by atoms with Gasteiger partial charge < -0.3 is 10.0 Å². The Morgan fingerprint density at radius 3 is 2.70 bits per heavy atom. The zero-order chi connectivity index (χ0) is 14.7. The topological polar surface area (TPSA) is 70.5 Å². The van der Waals surface area contributed by atoms with Crippen molar-refractivity contribution in [3.63, 3.8) is 0 Å². The van der Waals surface area contributed by atoms with Crippen LogP contribution < -0.4 is 0 Å². The van der Waals surface area contributed by atoms with Crippen LogP contribution in [0, 0.1) is 0 Å². The molecule has 5 heteroatoms. The van der Waals surface area contributed by atoms with Crippen LogP contribution in [-0.2, 0) is 11.2 Å². The Bertz CT molecular complexity index is 667. The van der Waals surface area contributed by atoms with Crippen molar-refractivity contribution in [3.8, 4) is 0 Å². The molecule has 0 saturated heterocycles. The van der Waals surface area contributed by atoms with E-state index >= 15 is 0 Å². The van der Waals surface area contributed by atoms with Crippen LogP contribution in [0.2, 0.25) is 0 Å². The molecule has 1 aromatic heterocycles. The Hall–Kier alpha value is -2.43. The van der Waals surface area contributed by atoms with Gasteiger partial charge in [-0.25, -0.2) is 0 Å². The Labute approximate surface area is 116 Å². The number of pyridine rings is 1. The van der Waals surface area contributed by atoms with Crippen molar-refractivity contribution >= 4 is 22.6 Å². The SMILES string of the molecule is CCc1ccc2ccnc(C(=O)N(C)CC(=O)O)c2c1. The molecule has 104 valence electrons. The minimum Gasteiger partial charge on any atom is -0.480 e. The van der Waals surface area contributed by atoms with Crippen molar-refractivity contribution in [2.45, 2.75) is 13.3 Å². The smallest absolute Gasteiger partial charge is 0.323 e. The van der Waals surface area contributed by atoms with Gasteiger partial charge in [0, 0.05) is 18.6 Å². The van der Waals surface area contributed by atoms with E-state index in [0.29, 0.717) is 5.69 Å². The van der Waals surface area contributed by atoms with E-state index in [4.69, 9.17) is 5.11 Å². The average molecular weight is 272 g/mol. The largest absolute Gasteiger partial charge is 0.480 e. The maximum absolute atomic E-state index is 12.3. The maximum Gasteiger partial charge on any atom is 0.323 e. The highest BCUT2D eigenvalue weighted by atomic mass is 16.4. The van der Waals surface area contributed by atoms with Gasteiger partial charge in [0.1, 0.15) is 12.2 Å². The van der Waals surface area contributed by atoms with Crippen molar-refractivity contribution < 1.29 is 14.7 Å². The van der Waals surface area contributed by atoms with Crippen LogP contribution >= 0.6 is 0 Å². The van der Waals surface area contributed by atoms with E-state index in [1.165, 1.54) is 7.05 Å². The molecule has 0 atom stereocenters. The van der Waals surface area contributed by atoms with Gasteiger partial charge in [0.15, 0.2) is 0 Å². The van der Waals surface area contributed by atoms with Gasteiger partial charge in [0.25, 0.3) is 5.91 Å². The summed E-state index contributed by atoms with van der Waals surface area (Å²) in [5.41, 5.74) is 1.40. The predicted octanol–water partition coefficient (Wildman–Crippen LogP) is 1.95. The molecular weight excluding hydrogens is 256 g/mol. The van der Waals surface area contributed by atoms with Crippen LogP contribution in [0.1, 0.15) is 23.0 Å². The molecule has 0 saturated carbocycles.